The summed E-state index contributed by atoms with van der Waals surface area (Å²) >= 11 is 5.71. The van der Waals surface area contributed by atoms with E-state index in [2.05, 4.69) is 10.3 Å². The third-order valence-electron chi connectivity index (χ3n) is 2.00. The summed E-state index contributed by atoms with van der Waals surface area (Å²) in [5.41, 5.74) is 4.14. The average Bonchev–Trinajstić information content (AvgIpc) is 2.16. The van der Waals surface area contributed by atoms with Crippen molar-refractivity contribution in [1.82, 2.24) is 10.3 Å². The van der Waals surface area contributed by atoms with Crippen molar-refractivity contribution in [2.75, 3.05) is 0 Å². The first-order valence-electron chi connectivity index (χ1n) is 4.57. The van der Waals surface area contributed by atoms with E-state index in [4.69, 9.17) is 17.3 Å². The van der Waals surface area contributed by atoms with Crippen LogP contribution in [0.5, 0.6) is 0 Å². The van der Waals surface area contributed by atoms with Crippen molar-refractivity contribution in [3.8, 4) is 0 Å². The van der Waals surface area contributed by atoms with Crippen LogP contribution in [-0.4, -0.2) is 22.3 Å². The molecule has 0 aromatic carbocycles. The van der Waals surface area contributed by atoms with Gasteiger partial charge in [0.1, 0.15) is 11.2 Å². The molecule has 5 nitrogen and oxygen atoms in total. The highest BCUT2D eigenvalue weighted by Gasteiger charge is 2.27. The number of carbonyl (C=O) groups excluding carboxylic acids is 2. The molecule has 0 fully saturated rings. The number of nitrogens with zero attached hydrogens (tertiary/aromatic N) is 1. The zero-order valence-corrected chi connectivity index (χ0v) is 9.71. The number of nitrogens with two attached hydrogens (primary N) is 1. The molecule has 3 N–H and O–H groups in total. The van der Waals surface area contributed by atoms with Gasteiger partial charge in [0.15, 0.2) is 0 Å². The number of aromatic nitrogens is 1. The smallest absolute Gasteiger partial charge is 0.270 e. The maximum atomic E-state index is 11.7. The molecule has 0 bridgehead atoms. The Hall–Kier alpha value is -1.62. The molecule has 1 rings (SSSR count). The highest BCUT2D eigenvalue weighted by Crippen LogP contribution is 2.09. The van der Waals surface area contributed by atoms with Gasteiger partial charge in [-0.2, -0.15) is 0 Å². The van der Waals surface area contributed by atoms with Crippen LogP contribution in [0.4, 0.5) is 0 Å². The minimum absolute atomic E-state index is 0.141. The lowest BCUT2D eigenvalue weighted by Crippen LogP contribution is -2.53. The molecule has 0 atom stereocenters. The number of halogens is 1. The topological polar surface area (TPSA) is 85.1 Å². The van der Waals surface area contributed by atoms with Crippen molar-refractivity contribution in [3.05, 3.63) is 29.0 Å². The summed E-state index contributed by atoms with van der Waals surface area (Å²) in [4.78, 5) is 26.5. The number of nitrogens with one attached hydrogen (secondary N) is 1. The number of pyridine rings is 1. The fourth-order valence-electron chi connectivity index (χ4n) is 0.938. The van der Waals surface area contributed by atoms with E-state index in [1.54, 1.807) is 6.07 Å². The molecule has 0 spiro atoms. The van der Waals surface area contributed by atoms with E-state index in [-0.39, 0.29) is 5.69 Å². The molecule has 0 saturated carbocycles. The third-order valence-corrected chi connectivity index (χ3v) is 2.23. The highest BCUT2D eigenvalue weighted by atomic mass is 35.5. The number of primary amides is 1. The van der Waals surface area contributed by atoms with E-state index in [9.17, 15) is 9.59 Å². The van der Waals surface area contributed by atoms with Gasteiger partial charge in [0.25, 0.3) is 5.91 Å². The quantitative estimate of drug-likeness (QED) is 0.818. The van der Waals surface area contributed by atoms with Crippen molar-refractivity contribution in [2.45, 2.75) is 19.4 Å². The molecule has 1 aromatic heterocycles. The maximum absolute atomic E-state index is 11.7. The summed E-state index contributed by atoms with van der Waals surface area (Å²) in [6.45, 7) is 3.02. The molecule has 0 aliphatic rings. The van der Waals surface area contributed by atoms with Gasteiger partial charge in [0.05, 0.1) is 0 Å². The van der Waals surface area contributed by atoms with Gasteiger partial charge in [0.2, 0.25) is 5.91 Å². The van der Waals surface area contributed by atoms with E-state index < -0.39 is 17.4 Å². The minimum Gasteiger partial charge on any atom is -0.368 e. The Kier molecular flexibility index (Phi) is 3.49. The molecular weight excluding hydrogens is 230 g/mol. The average molecular weight is 242 g/mol. The zero-order chi connectivity index (χ0) is 12.3. The van der Waals surface area contributed by atoms with Crippen molar-refractivity contribution in [3.63, 3.8) is 0 Å². The van der Waals surface area contributed by atoms with E-state index >= 15 is 0 Å². The first kappa shape index (κ1) is 12.4. The first-order valence-corrected chi connectivity index (χ1v) is 4.95. The van der Waals surface area contributed by atoms with Crippen LogP contribution < -0.4 is 11.1 Å². The van der Waals surface area contributed by atoms with Gasteiger partial charge in [-0.05, 0) is 26.0 Å². The van der Waals surface area contributed by atoms with E-state index in [0.29, 0.717) is 5.02 Å². The van der Waals surface area contributed by atoms with Crippen molar-refractivity contribution >= 4 is 23.4 Å². The van der Waals surface area contributed by atoms with Crippen LogP contribution in [0.1, 0.15) is 24.3 Å². The second kappa shape index (κ2) is 4.49. The first-order chi connectivity index (χ1) is 7.33. The number of rotatable bonds is 3. The van der Waals surface area contributed by atoms with Gasteiger partial charge < -0.3 is 11.1 Å². The van der Waals surface area contributed by atoms with Crippen LogP contribution in [0, 0.1) is 0 Å². The van der Waals surface area contributed by atoms with Gasteiger partial charge >= 0.3 is 0 Å². The highest BCUT2D eigenvalue weighted by molar-refractivity contribution is 6.30. The third kappa shape index (κ3) is 2.93. The van der Waals surface area contributed by atoms with E-state index in [0.717, 1.165) is 0 Å². The maximum Gasteiger partial charge on any atom is 0.270 e. The fraction of sp³-hybridized carbons (Fsp3) is 0.300. The lowest BCUT2D eigenvalue weighted by molar-refractivity contribution is -0.122. The van der Waals surface area contributed by atoms with Crippen LogP contribution in [0.25, 0.3) is 0 Å². The lowest BCUT2D eigenvalue weighted by Gasteiger charge is -2.21. The van der Waals surface area contributed by atoms with Gasteiger partial charge in [-0.15, -0.1) is 0 Å². The number of carbonyl (C=O) groups is 2. The predicted octanol–water partition coefficient (Wildman–Crippen LogP) is 0.729. The van der Waals surface area contributed by atoms with Crippen molar-refractivity contribution in [2.24, 2.45) is 5.73 Å². The molecule has 1 heterocycles. The standard InChI is InChI=1S/C10H12ClN3O2/c1-10(2,9(12)16)14-8(15)7-5-6(11)3-4-13-7/h3-5H,1-2H3,(H2,12,16)(H,14,15). The van der Waals surface area contributed by atoms with Gasteiger partial charge in [0, 0.05) is 11.2 Å². The van der Waals surface area contributed by atoms with Crippen LogP contribution in [0.3, 0.4) is 0 Å². The van der Waals surface area contributed by atoms with Crippen LogP contribution >= 0.6 is 11.6 Å². The molecule has 0 radical (unpaired) electrons. The summed E-state index contributed by atoms with van der Waals surface area (Å²) in [6.07, 6.45) is 1.41. The largest absolute Gasteiger partial charge is 0.368 e. The van der Waals surface area contributed by atoms with Gasteiger partial charge in [-0.1, -0.05) is 11.6 Å². The van der Waals surface area contributed by atoms with Crippen LogP contribution in [0.2, 0.25) is 5.02 Å². The Morgan fingerprint density at radius 1 is 1.50 bits per heavy atom. The van der Waals surface area contributed by atoms with Crippen LogP contribution in [-0.2, 0) is 4.79 Å². The number of hydrogen-bond donors (Lipinski definition) is 2. The number of hydrogen-bond acceptors (Lipinski definition) is 3. The lowest BCUT2D eigenvalue weighted by atomic mass is 10.1. The SMILES string of the molecule is CC(C)(NC(=O)c1cc(Cl)ccn1)C(N)=O. The van der Waals surface area contributed by atoms with Gasteiger partial charge in [-0.25, -0.2) is 0 Å². The second-order valence-corrected chi connectivity index (χ2v) is 4.24. The van der Waals surface area contributed by atoms with E-state index in [1.165, 1.54) is 26.1 Å². The molecule has 2 amide bonds. The summed E-state index contributed by atoms with van der Waals surface area (Å²) in [6, 6.07) is 2.96. The molecular formula is C10H12ClN3O2. The van der Waals surface area contributed by atoms with E-state index in [1.807, 2.05) is 0 Å². The zero-order valence-electron chi connectivity index (χ0n) is 8.95. The Balaban J connectivity index is 2.85. The Bertz CT molecular complexity index is 432. The van der Waals surface area contributed by atoms with Crippen molar-refractivity contribution in [1.29, 1.82) is 0 Å². The Morgan fingerprint density at radius 3 is 2.62 bits per heavy atom. The second-order valence-electron chi connectivity index (χ2n) is 3.80. The fourth-order valence-corrected chi connectivity index (χ4v) is 1.10. The van der Waals surface area contributed by atoms with Crippen LogP contribution in [0.15, 0.2) is 18.3 Å². The normalized spacial score (nSPS) is 10.9. The Labute approximate surface area is 98.0 Å². The summed E-state index contributed by atoms with van der Waals surface area (Å²) < 4.78 is 0. The summed E-state index contributed by atoms with van der Waals surface area (Å²) in [5, 5.41) is 2.86. The molecule has 16 heavy (non-hydrogen) atoms. The van der Waals surface area contributed by atoms with Crippen molar-refractivity contribution < 1.29 is 9.59 Å². The Morgan fingerprint density at radius 2 is 2.12 bits per heavy atom. The summed E-state index contributed by atoms with van der Waals surface area (Å²) in [5.74, 6) is -1.12. The molecule has 0 aliphatic carbocycles. The predicted molar refractivity (Wildman–Crippen MR) is 60.0 cm³/mol. The molecule has 1 aromatic rings. The monoisotopic (exact) mass is 241 g/mol. The summed E-state index contributed by atoms with van der Waals surface area (Å²) in [7, 11) is 0. The molecule has 0 saturated heterocycles. The number of amides is 2. The molecule has 6 heteroatoms. The molecule has 0 aliphatic heterocycles. The van der Waals surface area contributed by atoms with Gasteiger partial charge in [-0.3, -0.25) is 14.6 Å². The molecule has 86 valence electrons. The molecule has 0 unspecified atom stereocenters. The minimum atomic E-state index is -1.12.